The number of aromatic nitrogens is 3. The van der Waals surface area contributed by atoms with Crippen LogP contribution in [0.3, 0.4) is 0 Å². The number of rotatable bonds is 3. The van der Waals surface area contributed by atoms with Crippen LogP contribution in [0.4, 0.5) is 17.6 Å². The van der Waals surface area contributed by atoms with Crippen molar-refractivity contribution in [1.29, 1.82) is 0 Å². The Morgan fingerprint density at radius 3 is 2.85 bits per heavy atom. The number of hydrogen-bond acceptors (Lipinski definition) is 5. The van der Waals surface area contributed by atoms with E-state index in [4.69, 9.17) is 4.74 Å². The Morgan fingerprint density at radius 2 is 2.12 bits per heavy atom. The van der Waals surface area contributed by atoms with E-state index in [0.29, 0.717) is 19.4 Å². The second-order valence-electron chi connectivity index (χ2n) is 5.75. The number of nitrogens with zero attached hydrogens (tertiary/aromatic N) is 4. The maximum absolute atomic E-state index is 13.2. The van der Waals surface area contributed by atoms with E-state index in [-0.39, 0.29) is 12.1 Å². The molecule has 0 aliphatic carbocycles. The number of carbonyl (C=O) groups excluding carboxylic acids is 1. The number of ether oxygens (including phenoxy) is 1. The summed E-state index contributed by atoms with van der Waals surface area (Å²) in [5, 5.41) is 0. The molecular formula is C16H14F4N4O2. The second-order valence-corrected chi connectivity index (χ2v) is 5.75. The molecule has 0 N–H and O–H groups in total. The highest BCUT2D eigenvalue weighted by Gasteiger charge is 2.33. The highest BCUT2D eigenvalue weighted by atomic mass is 19.4. The molecule has 0 radical (unpaired) electrons. The van der Waals surface area contributed by atoms with Gasteiger partial charge in [0.2, 0.25) is 0 Å². The highest BCUT2D eigenvalue weighted by molar-refractivity contribution is 5.94. The largest absolute Gasteiger partial charge is 0.458 e. The number of likely N-dealkylation sites (tertiary alicyclic amines) is 1. The molecule has 26 heavy (non-hydrogen) atoms. The normalized spacial score (nSPS) is 17.8. The Kier molecular flexibility index (Phi) is 5.01. The third kappa shape index (κ3) is 4.24. The van der Waals surface area contributed by atoms with Crippen LogP contribution in [0.1, 0.15) is 28.9 Å². The second kappa shape index (κ2) is 7.22. The Labute approximate surface area is 145 Å². The van der Waals surface area contributed by atoms with Crippen molar-refractivity contribution in [1.82, 2.24) is 19.9 Å². The van der Waals surface area contributed by atoms with E-state index >= 15 is 0 Å². The number of piperidine rings is 1. The quantitative estimate of drug-likeness (QED) is 0.777. The van der Waals surface area contributed by atoms with Gasteiger partial charge in [-0.2, -0.15) is 18.2 Å². The van der Waals surface area contributed by atoms with Gasteiger partial charge >= 0.3 is 12.2 Å². The van der Waals surface area contributed by atoms with Gasteiger partial charge in [-0.3, -0.25) is 9.78 Å². The molecule has 3 heterocycles. The summed E-state index contributed by atoms with van der Waals surface area (Å²) in [5.41, 5.74) is -1.00. The van der Waals surface area contributed by atoms with Crippen LogP contribution in [0.25, 0.3) is 0 Å². The van der Waals surface area contributed by atoms with Gasteiger partial charge < -0.3 is 9.64 Å². The summed E-state index contributed by atoms with van der Waals surface area (Å²) < 4.78 is 56.8. The van der Waals surface area contributed by atoms with Crippen LogP contribution in [0.2, 0.25) is 0 Å². The average molecular weight is 370 g/mol. The van der Waals surface area contributed by atoms with Crippen LogP contribution in [-0.4, -0.2) is 45.0 Å². The monoisotopic (exact) mass is 370 g/mol. The molecule has 0 spiro atoms. The lowest BCUT2D eigenvalue weighted by molar-refractivity contribution is -0.141. The number of carbonyl (C=O) groups is 1. The zero-order valence-electron chi connectivity index (χ0n) is 13.4. The minimum absolute atomic E-state index is 0.0981. The van der Waals surface area contributed by atoms with Crippen LogP contribution < -0.4 is 4.74 Å². The molecule has 0 saturated carbocycles. The molecule has 1 aliphatic heterocycles. The molecule has 1 atom stereocenters. The predicted molar refractivity (Wildman–Crippen MR) is 80.8 cm³/mol. The molecule has 2 aromatic heterocycles. The van der Waals surface area contributed by atoms with Crippen molar-refractivity contribution >= 4 is 5.91 Å². The van der Waals surface area contributed by atoms with Gasteiger partial charge in [-0.05, 0) is 25.0 Å². The fraction of sp³-hybridized carbons (Fsp3) is 0.375. The Morgan fingerprint density at radius 1 is 1.31 bits per heavy atom. The smallest absolute Gasteiger partial charge is 0.433 e. The van der Waals surface area contributed by atoms with E-state index in [2.05, 4.69) is 15.0 Å². The molecule has 1 amide bonds. The van der Waals surface area contributed by atoms with Gasteiger partial charge in [0.1, 0.15) is 11.9 Å². The minimum Gasteiger partial charge on any atom is -0.458 e. The maximum Gasteiger partial charge on any atom is 0.433 e. The van der Waals surface area contributed by atoms with E-state index in [1.54, 1.807) is 0 Å². The van der Waals surface area contributed by atoms with Crippen molar-refractivity contribution in [3.8, 4) is 6.01 Å². The molecule has 1 fully saturated rings. The number of halogens is 4. The molecule has 1 aliphatic rings. The van der Waals surface area contributed by atoms with Gasteiger partial charge in [-0.15, -0.1) is 0 Å². The van der Waals surface area contributed by atoms with Gasteiger partial charge in [0.15, 0.2) is 5.69 Å². The van der Waals surface area contributed by atoms with E-state index in [9.17, 15) is 22.4 Å². The number of alkyl halides is 3. The topological polar surface area (TPSA) is 68.2 Å². The van der Waals surface area contributed by atoms with Crippen molar-refractivity contribution in [2.45, 2.75) is 25.1 Å². The van der Waals surface area contributed by atoms with Crippen molar-refractivity contribution in [2.24, 2.45) is 0 Å². The first-order valence-corrected chi connectivity index (χ1v) is 7.79. The van der Waals surface area contributed by atoms with Crippen LogP contribution in [0.15, 0.2) is 30.7 Å². The first-order chi connectivity index (χ1) is 12.3. The predicted octanol–water partition coefficient (Wildman–Crippen LogP) is 2.71. The van der Waals surface area contributed by atoms with Crippen LogP contribution >= 0.6 is 0 Å². The van der Waals surface area contributed by atoms with E-state index in [1.165, 1.54) is 11.1 Å². The summed E-state index contributed by atoms with van der Waals surface area (Å²) in [7, 11) is 0. The molecule has 1 saturated heterocycles. The minimum atomic E-state index is -4.60. The van der Waals surface area contributed by atoms with Gasteiger partial charge in [0.25, 0.3) is 5.91 Å². The Hall–Kier alpha value is -2.78. The molecular weight excluding hydrogens is 356 g/mol. The van der Waals surface area contributed by atoms with Crippen molar-refractivity contribution in [2.75, 3.05) is 13.1 Å². The summed E-state index contributed by atoms with van der Waals surface area (Å²) in [6.45, 7) is 0.563. The first-order valence-electron chi connectivity index (χ1n) is 7.79. The van der Waals surface area contributed by atoms with Gasteiger partial charge in [0, 0.05) is 18.9 Å². The zero-order chi connectivity index (χ0) is 18.7. The fourth-order valence-electron chi connectivity index (χ4n) is 2.63. The summed E-state index contributed by atoms with van der Waals surface area (Å²) in [4.78, 5) is 24.5. The standard InChI is InChI=1S/C16H14F4N4O2/c17-11-6-10(7-21-8-11)14(25)24-5-1-2-12(9-24)26-15-22-4-3-13(23-15)16(18,19)20/h3-4,6-8,12H,1-2,5,9H2. The molecule has 1 unspecified atom stereocenters. The highest BCUT2D eigenvalue weighted by Crippen LogP contribution is 2.28. The molecule has 0 aromatic carbocycles. The van der Waals surface area contributed by atoms with Gasteiger partial charge in [0.05, 0.1) is 18.3 Å². The summed E-state index contributed by atoms with van der Waals surface area (Å²) in [6.07, 6.45) is -0.828. The Bertz CT molecular complexity index is 800. The lowest BCUT2D eigenvalue weighted by Gasteiger charge is -2.32. The summed E-state index contributed by atoms with van der Waals surface area (Å²) in [5.74, 6) is -1.05. The molecule has 10 heteroatoms. The SMILES string of the molecule is O=C(c1cncc(F)c1)N1CCCC(Oc2nccc(C(F)(F)F)n2)C1. The third-order valence-electron chi connectivity index (χ3n) is 3.81. The summed E-state index contributed by atoms with van der Waals surface area (Å²) in [6, 6.07) is 1.43. The van der Waals surface area contributed by atoms with E-state index in [1.807, 2.05) is 0 Å². The first kappa shape index (κ1) is 18.0. The van der Waals surface area contributed by atoms with Crippen LogP contribution in [0.5, 0.6) is 6.01 Å². The Balaban J connectivity index is 1.68. The third-order valence-corrected chi connectivity index (χ3v) is 3.81. The van der Waals surface area contributed by atoms with Gasteiger partial charge in [-0.25, -0.2) is 9.37 Å². The maximum atomic E-state index is 13.2. The lowest BCUT2D eigenvalue weighted by atomic mass is 10.1. The van der Waals surface area contributed by atoms with E-state index in [0.717, 1.165) is 24.5 Å². The molecule has 0 bridgehead atoms. The fourth-order valence-corrected chi connectivity index (χ4v) is 2.63. The van der Waals surface area contributed by atoms with Crippen molar-refractivity contribution < 1.29 is 27.1 Å². The van der Waals surface area contributed by atoms with Crippen LogP contribution in [-0.2, 0) is 6.18 Å². The van der Waals surface area contributed by atoms with Crippen LogP contribution in [0, 0.1) is 5.82 Å². The average Bonchev–Trinajstić information content (AvgIpc) is 2.61. The van der Waals surface area contributed by atoms with Crippen molar-refractivity contribution in [3.05, 3.63) is 47.8 Å². The van der Waals surface area contributed by atoms with Gasteiger partial charge in [-0.1, -0.05) is 0 Å². The van der Waals surface area contributed by atoms with Crippen molar-refractivity contribution in [3.63, 3.8) is 0 Å². The molecule has 3 rings (SSSR count). The number of amides is 1. The molecule has 2 aromatic rings. The number of hydrogen-bond donors (Lipinski definition) is 0. The molecule has 6 nitrogen and oxygen atoms in total. The number of pyridine rings is 1. The molecule has 138 valence electrons. The zero-order valence-corrected chi connectivity index (χ0v) is 13.4. The summed E-state index contributed by atoms with van der Waals surface area (Å²) >= 11 is 0. The van der Waals surface area contributed by atoms with E-state index < -0.39 is 35.7 Å². The lowest BCUT2D eigenvalue weighted by Crippen LogP contribution is -2.44.